The van der Waals surface area contributed by atoms with Crippen LogP contribution in [0, 0.1) is 12.7 Å². The third-order valence-corrected chi connectivity index (χ3v) is 5.14. The predicted octanol–water partition coefficient (Wildman–Crippen LogP) is 4.87. The van der Waals surface area contributed by atoms with Crippen molar-refractivity contribution < 1.29 is 18.7 Å². The summed E-state index contributed by atoms with van der Waals surface area (Å²) in [7, 11) is 0. The fraction of sp³-hybridized carbons (Fsp3) is 0.143. The highest BCUT2D eigenvalue weighted by atomic mass is 35.5. The first kappa shape index (κ1) is 18.3. The maximum absolute atomic E-state index is 14.0. The monoisotopic (exact) mass is 398 g/mol. The molecule has 0 bridgehead atoms. The van der Waals surface area contributed by atoms with Crippen LogP contribution in [0.3, 0.4) is 0 Å². The van der Waals surface area contributed by atoms with Crippen LogP contribution in [0.25, 0.3) is 10.6 Å². The van der Waals surface area contributed by atoms with Crippen molar-refractivity contribution in [3.63, 3.8) is 0 Å². The summed E-state index contributed by atoms with van der Waals surface area (Å²) >= 11 is 6.61. The van der Waals surface area contributed by atoms with E-state index >= 15 is 0 Å². The van der Waals surface area contributed by atoms with Crippen LogP contribution < -0.4 is 4.90 Å². The van der Waals surface area contributed by atoms with Crippen molar-refractivity contribution in [2.24, 2.45) is 0 Å². The van der Waals surface area contributed by atoms with Gasteiger partial charge in [0.15, 0.2) is 12.2 Å². The molecule has 1 aromatic heterocycles. The number of aromatic nitrogens is 1. The number of carbonyl (C=O) groups excluding carboxylic acids is 1. The first-order chi connectivity index (χ1) is 13.4. The minimum Gasteiger partial charge on any atom is -0.508 e. The summed E-state index contributed by atoms with van der Waals surface area (Å²) in [5, 5.41) is 10.3. The molecule has 1 aliphatic heterocycles. The lowest BCUT2D eigenvalue weighted by atomic mass is 10.1. The van der Waals surface area contributed by atoms with Gasteiger partial charge in [0, 0.05) is 17.2 Å². The molecule has 0 atom stereocenters. The van der Waals surface area contributed by atoms with Crippen LogP contribution in [-0.4, -0.2) is 16.0 Å². The van der Waals surface area contributed by atoms with E-state index in [4.69, 9.17) is 16.0 Å². The first-order valence-electron chi connectivity index (χ1n) is 8.60. The molecule has 0 fully saturated rings. The van der Waals surface area contributed by atoms with Crippen molar-refractivity contribution in [2.45, 2.75) is 19.9 Å². The molecule has 5 nitrogen and oxygen atoms in total. The van der Waals surface area contributed by atoms with Crippen molar-refractivity contribution in [1.82, 2.24) is 4.98 Å². The van der Waals surface area contributed by atoms with Gasteiger partial charge in [-0.3, -0.25) is 4.79 Å². The molecule has 0 radical (unpaired) electrons. The number of benzene rings is 2. The van der Waals surface area contributed by atoms with E-state index in [1.54, 1.807) is 25.1 Å². The highest BCUT2D eigenvalue weighted by Crippen LogP contribution is 2.42. The maximum Gasteiger partial charge on any atom is 0.231 e. The molecule has 1 aliphatic rings. The summed E-state index contributed by atoms with van der Waals surface area (Å²) in [5.74, 6) is -0.191. The second-order valence-electron chi connectivity index (χ2n) is 6.60. The van der Waals surface area contributed by atoms with Gasteiger partial charge in [-0.05, 0) is 36.2 Å². The molecule has 0 unspecified atom stereocenters. The number of amides is 1. The van der Waals surface area contributed by atoms with Crippen LogP contribution in [0.15, 0.2) is 53.4 Å². The van der Waals surface area contributed by atoms with Gasteiger partial charge in [-0.1, -0.05) is 23.7 Å². The third kappa shape index (κ3) is 3.27. The molecule has 142 valence electrons. The smallest absolute Gasteiger partial charge is 0.231 e. The fourth-order valence-electron chi connectivity index (χ4n) is 3.20. The number of aryl methyl sites for hydroxylation is 1. The van der Waals surface area contributed by atoms with Crippen LogP contribution in [0.4, 0.5) is 10.1 Å². The van der Waals surface area contributed by atoms with Crippen molar-refractivity contribution in [3.05, 3.63) is 77.3 Å². The zero-order chi connectivity index (χ0) is 19.8. The fourth-order valence-corrected chi connectivity index (χ4v) is 3.52. The lowest BCUT2D eigenvalue weighted by Gasteiger charge is -2.23. The Balaban J connectivity index is 1.82. The Morgan fingerprint density at radius 1 is 1.29 bits per heavy atom. The summed E-state index contributed by atoms with van der Waals surface area (Å²) in [6.07, 6.45) is 2.75. The van der Waals surface area contributed by atoms with E-state index in [-0.39, 0.29) is 30.4 Å². The Hall–Kier alpha value is -3.12. The van der Waals surface area contributed by atoms with E-state index in [1.807, 2.05) is 0 Å². The Labute approximate surface area is 165 Å². The zero-order valence-corrected chi connectivity index (χ0v) is 15.7. The summed E-state index contributed by atoms with van der Waals surface area (Å²) in [6.45, 7) is 1.82. The predicted molar refractivity (Wildman–Crippen MR) is 104 cm³/mol. The number of oxazole rings is 1. The Morgan fingerprint density at radius 3 is 2.82 bits per heavy atom. The third-order valence-electron chi connectivity index (χ3n) is 4.71. The number of hydrogen-bond acceptors (Lipinski definition) is 4. The Kier molecular flexibility index (Phi) is 4.65. The number of hydrogen-bond donors (Lipinski definition) is 1. The maximum atomic E-state index is 14.0. The molecule has 3 aromatic rings. The number of phenolic OH excluding ortho intramolecular Hbond substituents is 1. The SMILES string of the molecule is Cc1ccc(CN2C(=O)CC(c3cnco3)=C(Cl)c3ccc(O)cc32)cc1F. The van der Waals surface area contributed by atoms with E-state index in [0.717, 1.165) is 0 Å². The molecule has 4 rings (SSSR count). The second-order valence-corrected chi connectivity index (χ2v) is 6.98. The molecule has 2 heterocycles. The minimum absolute atomic E-state index is 0.000723. The molecular formula is C21H16ClFN2O3. The van der Waals surface area contributed by atoms with Crippen LogP contribution in [-0.2, 0) is 11.3 Å². The van der Waals surface area contributed by atoms with Crippen molar-refractivity contribution >= 4 is 33.8 Å². The standard InChI is InChI=1S/C21H16ClFN2O3/c1-12-2-3-13(6-17(12)23)10-25-18-7-14(26)4-5-15(18)21(22)16(8-20(25)27)19-9-24-11-28-19/h2-7,9,11,26H,8,10H2,1H3. The Bertz CT molecular complexity index is 1090. The highest BCUT2D eigenvalue weighted by molar-refractivity contribution is 6.53. The zero-order valence-electron chi connectivity index (χ0n) is 14.9. The molecule has 0 aliphatic carbocycles. The first-order valence-corrected chi connectivity index (χ1v) is 8.98. The lowest BCUT2D eigenvalue weighted by Crippen LogP contribution is -2.30. The van der Waals surface area contributed by atoms with Gasteiger partial charge in [-0.2, -0.15) is 0 Å². The highest BCUT2D eigenvalue weighted by Gasteiger charge is 2.29. The minimum atomic E-state index is -0.339. The van der Waals surface area contributed by atoms with E-state index in [0.29, 0.717) is 38.7 Å². The van der Waals surface area contributed by atoms with Crippen molar-refractivity contribution in [2.75, 3.05) is 4.90 Å². The Morgan fingerprint density at radius 2 is 2.11 bits per heavy atom. The van der Waals surface area contributed by atoms with E-state index in [2.05, 4.69) is 4.98 Å². The number of anilines is 1. The van der Waals surface area contributed by atoms with Crippen molar-refractivity contribution in [1.29, 1.82) is 0 Å². The quantitative estimate of drug-likeness (QED) is 0.683. The van der Waals surface area contributed by atoms with Gasteiger partial charge < -0.3 is 14.4 Å². The van der Waals surface area contributed by atoms with Gasteiger partial charge in [-0.25, -0.2) is 9.37 Å². The molecular weight excluding hydrogens is 383 g/mol. The molecule has 28 heavy (non-hydrogen) atoms. The molecule has 1 amide bonds. The summed E-state index contributed by atoms with van der Waals surface area (Å²) in [5.41, 5.74) is 2.69. The van der Waals surface area contributed by atoms with Gasteiger partial charge in [-0.15, -0.1) is 0 Å². The molecule has 0 saturated carbocycles. The van der Waals surface area contributed by atoms with Crippen LogP contribution >= 0.6 is 11.6 Å². The summed E-state index contributed by atoms with van der Waals surface area (Å²) < 4.78 is 19.3. The van der Waals surface area contributed by atoms with Crippen LogP contribution in [0.1, 0.15) is 28.9 Å². The number of aromatic hydroxyl groups is 1. The average molecular weight is 399 g/mol. The van der Waals surface area contributed by atoms with Gasteiger partial charge >= 0.3 is 0 Å². The number of phenols is 1. The van der Waals surface area contributed by atoms with E-state index < -0.39 is 0 Å². The van der Waals surface area contributed by atoms with Gasteiger partial charge in [0.1, 0.15) is 11.6 Å². The normalized spacial score (nSPS) is 14.2. The summed E-state index contributed by atoms with van der Waals surface area (Å²) in [4.78, 5) is 18.5. The number of rotatable bonds is 3. The van der Waals surface area contributed by atoms with Crippen LogP contribution in [0.2, 0.25) is 0 Å². The topological polar surface area (TPSA) is 66.6 Å². The van der Waals surface area contributed by atoms with Gasteiger partial charge in [0.05, 0.1) is 29.9 Å². The number of carbonyl (C=O) groups is 1. The van der Waals surface area contributed by atoms with Gasteiger partial charge in [0.2, 0.25) is 5.91 Å². The van der Waals surface area contributed by atoms with E-state index in [9.17, 15) is 14.3 Å². The lowest BCUT2D eigenvalue weighted by molar-refractivity contribution is -0.117. The number of halogens is 2. The number of nitrogens with zero attached hydrogens (tertiary/aromatic N) is 2. The van der Waals surface area contributed by atoms with Crippen molar-refractivity contribution in [3.8, 4) is 5.75 Å². The summed E-state index contributed by atoms with van der Waals surface area (Å²) in [6, 6.07) is 9.46. The molecule has 7 heteroatoms. The second kappa shape index (κ2) is 7.13. The number of fused-ring (bicyclic) bond motifs is 1. The molecule has 1 N–H and O–H groups in total. The van der Waals surface area contributed by atoms with E-state index in [1.165, 1.54) is 35.7 Å². The molecule has 0 spiro atoms. The average Bonchev–Trinajstić information content (AvgIpc) is 3.17. The molecule has 2 aromatic carbocycles. The largest absolute Gasteiger partial charge is 0.508 e. The molecule has 0 saturated heterocycles. The van der Waals surface area contributed by atoms with Crippen LogP contribution in [0.5, 0.6) is 5.75 Å². The van der Waals surface area contributed by atoms with Gasteiger partial charge in [0.25, 0.3) is 0 Å².